The highest BCUT2D eigenvalue weighted by molar-refractivity contribution is 7.98. The molecule has 0 spiro atoms. The summed E-state index contributed by atoms with van der Waals surface area (Å²) in [6.07, 6.45) is 6.01. The highest BCUT2D eigenvalue weighted by Crippen LogP contribution is 2.35. The summed E-state index contributed by atoms with van der Waals surface area (Å²) in [6, 6.07) is 11.7. The first-order valence-electron chi connectivity index (χ1n) is 10.1. The lowest BCUT2D eigenvalue weighted by Gasteiger charge is -2.13. The lowest BCUT2D eigenvalue weighted by Crippen LogP contribution is -2.24. The number of methoxy groups -OCH3 is 1. The smallest absolute Gasteiger partial charge is 0.263 e. The van der Waals surface area contributed by atoms with Crippen LogP contribution < -0.4 is 10.3 Å². The number of hydrogen-bond acceptors (Lipinski definition) is 6. The Labute approximate surface area is 182 Å². The van der Waals surface area contributed by atoms with Gasteiger partial charge in [0.15, 0.2) is 5.16 Å². The van der Waals surface area contributed by atoms with Crippen LogP contribution in [0.5, 0.6) is 5.75 Å². The van der Waals surface area contributed by atoms with E-state index in [1.54, 1.807) is 41.0 Å². The minimum atomic E-state index is 0.0491. The molecule has 0 aliphatic heterocycles. The maximum Gasteiger partial charge on any atom is 0.263 e. The van der Waals surface area contributed by atoms with Gasteiger partial charge in [-0.15, -0.1) is 11.3 Å². The van der Waals surface area contributed by atoms with E-state index in [2.05, 4.69) is 0 Å². The average molecular weight is 439 g/mol. The van der Waals surface area contributed by atoms with Crippen LogP contribution in [0, 0.1) is 0 Å². The number of rotatable bonds is 6. The van der Waals surface area contributed by atoms with Gasteiger partial charge in [0.1, 0.15) is 16.3 Å². The number of thiophene rings is 1. The number of fused-ring (bicyclic) bond motifs is 3. The number of hydrogen-bond donors (Lipinski definition) is 0. The lowest BCUT2D eigenvalue weighted by molar-refractivity contribution is 0.414. The van der Waals surface area contributed by atoms with Gasteiger partial charge < -0.3 is 9.15 Å². The summed E-state index contributed by atoms with van der Waals surface area (Å²) in [4.78, 5) is 20.7. The summed E-state index contributed by atoms with van der Waals surface area (Å²) in [5, 5.41) is 1.55. The van der Waals surface area contributed by atoms with Crippen molar-refractivity contribution < 1.29 is 9.15 Å². The number of thioether (sulfide) groups is 1. The van der Waals surface area contributed by atoms with Gasteiger partial charge in [0.05, 0.1) is 25.3 Å². The van der Waals surface area contributed by atoms with E-state index < -0.39 is 0 Å². The molecule has 0 radical (unpaired) electrons. The average Bonchev–Trinajstić information content (AvgIpc) is 3.42. The largest absolute Gasteiger partial charge is 0.497 e. The van der Waals surface area contributed by atoms with Crippen molar-refractivity contribution >= 4 is 33.3 Å². The maximum atomic E-state index is 13.6. The first-order valence-corrected chi connectivity index (χ1v) is 11.9. The number of benzene rings is 1. The van der Waals surface area contributed by atoms with Gasteiger partial charge in [-0.25, -0.2) is 4.98 Å². The Hall–Kier alpha value is -2.51. The van der Waals surface area contributed by atoms with Crippen molar-refractivity contribution in [2.75, 3.05) is 7.11 Å². The summed E-state index contributed by atoms with van der Waals surface area (Å²) < 4.78 is 12.5. The minimum Gasteiger partial charge on any atom is -0.497 e. The highest BCUT2D eigenvalue weighted by Gasteiger charge is 2.22. The Kier molecular flexibility index (Phi) is 5.39. The molecule has 30 heavy (non-hydrogen) atoms. The number of aryl methyl sites for hydroxylation is 2. The Morgan fingerprint density at radius 1 is 1.20 bits per heavy atom. The van der Waals surface area contributed by atoms with Gasteiger partial charge in [-0.05, 0) is 61.1 Å². The van der Waals surface area contributed by atoms with Crippen LogP contribution in [-0.4, -0.2) is 16.7 Å². The minimum absolute atomic E-state index is 0.0491. The molecule has 0 saturated heterocycles. The molecule has 1 aromatic carbocycles. The first-order chi connectivity index (χ1) is 14.7. The summed E-state index contributed by atoms with van der Waals surface area (Å²) in [7, 11) is 1.66. The fourth-order valence-corrected chi connectivity index (χ4v) is 6.15. The zero-order chi connectivity index (χ0) is 20.5. The molecule has 3 heterocycles. The van der Waals surface area contributed by atoms with Crippen LogP contribution in [0.25, 0.3) is 10.2 Å². The third kappa shape index (κ3) is 3.68. The molecule has 1 aliphatic rings. The maximum absolute atomic E-state index is 13.6. The molecule has 0 amide bonds. The molecule has 0 fully saturated rings. The molecular weight excluding hydrogens is 416 g/mol. The molecule has 5 nitrogen and oxygen atoms in total. The molecule has 3 aromatic heterocycles. The third-order valence-corrected chi connectivity index (χ3v) is 7.69. The molecule has 0 N–H and O–H groups in total. The predicted octanol–water partition coefficient (Wildman–Crippen LogP) is 5.28. The first kappa shape index (κ1) is 19.5. The Morgan fingerprint density at radius 2 is 2.03 bits per heavy atom. The quantitative estimate of drug-likeness (QED) is 0.303. The Balaban J connectivity index is 1.55. The topological polar surface area (TPSA) is 57.3 Å². The van der Waals surface area contributed by atoms with Crippen molar-refractivity contribution in [3.63, 3.8) is 0 Å². The number of nitrogens with zero attached hydrogens (tertiary/aromatic N) is 2. The van der Waals surface area contributed by atoms with Crippen molar-refractivity contribution in [2.45, 2.75) is 43.1 Å². The van der Waals surface area contributed by atoms with E-state index in [-0.39, 0.29) is 5.56 Å². The number of furan rings is 1. The van der Waals surface area contributed by atoms with E-state index in [0.29, 0.717) is 6.54 Å². The number of aromatic nitrogens is 2. The molecule has 1 aliphatic carbocycles. The normalized spacial score (nSPS) is 13.5. The fourth-order valence-electron chi connectivity index (χ4n) is 3.90. The zero-order valence-electron chi connectivity index (χ0n) is 16.7. The fraction of sp³-hybridized carbons (Fsp3) is 0.304. The van der Waals surface area contributed by atoms with E-state index in [4.69, 9.17) is 14.1 Å². The van der Waals surface area contributed by atoms with Crippen molar-refractivity contribution in [1.82, 2.24) is 9.55 Å². The lowest BCUT2D eigenvalue weighted by atomic mass is 9.97. The molecule has 5 rings (SSSR count). The Bertz CT molecular complexity index is 1220. The van der Waals surface area contributed by atoms with E-state index in [0.717, 1.165) is 57.5 Å². The molecule has 0 unspecified atom stereocenters. The number of ether oxygens (including phenoxy) is 1. The molecule has 154 valence electrons. The SMILES string of the molecule is COc1ccc(CSc2nc3sc4c(c3c(=O)n2Cc2ccco2)CCCC4)cc1. The molecule has 4 aromatic rings. The second-order valence-electron chi connectivity index (χ2n) is 7.39. The van der Waals surface area contributed by atoms with Crippen LogP contribution in [0.1, 0.15) is 34.6 Å². The van der Waals surface area contributed by atoms with Crippen LogP contribution in [0.2, 0.25) is 0 Å². The molecule has 0 bridgehead atoms. The van der Waals surface area contributed by atoms with E-state index in [1.807, 2.05) is 36.4 Å². The van der Waals surface area contributed by atoms with E-state index in [9.17, 15) is 4.79 Å². The second-order valence-corrected chi connectivity index (χ2v) is 9.42. The van der Waals surface area contributed by atoms with Crippen molar-refractivity contribution in [3.8, 4) is 5.75 Å². The Morgan fingerprint density at radius 3 is 2.80 bits per heavy atom. The predicted molar refractivity (Wildman–Crippen MR) is 121 cm³/mol. The highest BCUT2D eigenvalue weighted by atomic mass is 32.2. The summed E-state index contributed by atoms with van der Waals surface area (Å²) in [5.74, 6) is 2.32. The van der Waals surface area contributed by atoms with Gasteiger partial charge in [-0.3, -0.25) is 9.36 Å². The van der Waals surface area contributed by atoms with E-state index >= 15 is 0 Å². The van der Waals surface area contributed by atoms with Gasteiger partial charge in [-0.2, -0.15) is 0 Å². The monoisotopic (exact) mass is 438 g/mol. The van der Waals surface area contributed by atoms with Gasteiger partial charge in [-0.1, -0.05) is 23.9 Å². The molecule has 0 saturated carbocycles. The summed E-state index contributed by atoms with van der Waals surface area (Å²) in [5.41, 5.74) is 2.43. The molecule has 7 heteroatoms. The van der Waals surface area contributed by atoms with Gasteiger partial charge >= 0.3 is 0 Å². The standard InChI is InChI=1S/C23H22N2O3S2/c1-27-16-10-8-15(9-11-16)14-29-23-24-21-20(18-6-2-3-7-19(18)30-21)22(26)25(23)13-17-5-4-12-28-17/h4-5,8-12H,2-3,6-7,13-14H2,1H3. The summed E-state index contributed by atoms with van der Waals surface area (Å²) >= 11 is 3.28. The van der Waals surface area contributed by atoms with Crippen molar-refractivity contribution in [3.05, 3.63) is 74.8 Å². The molecule has 0 atom stereocenters. The molecular formula is C23H22N2O3S2. The zero-order valence-corrected chi connectivity index (χ0v) is 18.4. The van der Waals surface area contributed by atoms with Gasteiger partial charge in [0.25, 0.3) is 5.56 Å². The van der Waals surface area contributed by atoms with Crippen LogP contribution >= 0.6 is 23.1 Å². The summed E-state index contributed by atoms with van der Waals surface area (Å²) in [6.45, 7) is 0.393. The van der Waals surface area contributed by atoms with Gasteiger partial charge in [0.2, 0.25) is 0 Å². The van der Waals surface area contributed by atoms with Crippen LogP contribution in [0.15, 0.2) is 57.0 Å². The van der Waals surface area contributed by atoms with E-state index in [1.165, 1.54) is 16.9 Å². The van der Waals surface area contributed by atoms with Crippen LogP contribution in [0.4, 0.5) is 0 Å². The third-order valence-electron chi connectivity index (χ3n) is 5.46. The van der Waals surface area contributed by atoms with Crippen molar-refractivity contribution in [1.29, 1.82) is 0 Å². The van der Waals surface area contributed by atoms with Gasteiger partial charge in [0, 0.05) is 10.6 Å². The van der Waals surface area contributed by atoms with Crippen LogP contribution in [0.3, 0.4) is 0 Å². The second kappa shape index (κ2) is 8.32. The van der Waals surface area contributed by atoms with Crippen molar-refractivity contribution in [2.24, 2.45) is 0 Å². The van der Waals surface area contributed by atoms with Crippen LogP contribution in [-0.2, 0) is 25.1 Å².